The van der Waals surface area contributed by atoms with Crippen LogP contribution in [0.25, 0.3) is 6.08 Å². The van der Waals surface area contributed by atoms with Gasteiger partial charge in [-0.3, -0.25) is 4.79 Å². The topological polar surface area (TPSA) is 49.3 Å². The van der Waals surface area contributed by atoms with E-state index in [9.17, 15) is 9.90 Å². The van der Waals surface area contributed by atoms with Crippen molar-refractivity contribution in [2.75, 3.05) is 6.61 Å². The van der Waals surface area contributed by atoms with Gasteiger partial charge >= 0.3 is 0 Å². The second-order valence-electron chi connectivity index (χ2n) is 4.75. The van der Waals surface area contributed by atoms with E-state index in [4.69, 9.17) is 23.2 Å². The number of halogens is 2. The zero-order chi connectivity index (χ0) is 13.9. The zero-order valence-electron chi connectivity index (χ0n) is 10.3. The summed E-state index contributed by atoms with van der Waals surface area (Å²) >= 11 is 12.0. The first kappa shape index (κ1) is 14.4. The highest BCUT2D eigenvalue weighted by molar-refractivity contribution is 6.37. The van der Waals surface area contributed by atoms with Gasteiger partial charge in [-0.1, -0.05) is 29.3 Å². The van der Waals surface area contributed by atoms with E-state index in [2.05, 4.69) is 5.32 Å². The second-order valence-corrected chi connectivity index (χ2v) is 5.56. The van der Waals surface area contributed by atoms with Gasteiger partial charge in [-0.25, -0.2) is 0 Å². The average Bonchev–Trinajstić information content (AvgIpc) is 2.33. The normalized spacial score (nSPS) is 17.2. The number of rotatable bonds is 4. The molecule has 1 aliphatic rings. The first-order valence-corrected chi connectivity index (χ1v) is 6.87. The Balaban J connectivity index is 2.04. The van der Waals surface area contributed by atoms with Crippen LogP contribution in [-0.2, 0) is 4.79 Å². The van der Waals surface area contributed by atoms with Gasteiger partial charge in [0.15, 0.2) is 0 Å². The van der Waals surface area contributed by atoms with Crippen molar-refractivity contribution >= 4 is 35.2 Å². The predicted octanol–water partition coefficient (Wildman–Crippen LogP) is 3.04. The molecule has 0 aliphatic heterocycles. The van der Waals surface area contributed by atoms with Gasteiger partial charge < -0.3 is 10.4 Å². The Kier molecular flexibility index (Phi) is 4.50. The number of aliphatic hydroxyl groups is 1. The number of hydrogen-bond donors (Lipinski definition) is 2. The van der Waals surface area contributed by atoms with Crippen LogP contribution in [-0.4, -0.2) is 23.2 Å². The van der Waals surface area contributed by atoms with Crippen molar-refractivity contribution in [2.45, 2.75) is 24.8 Å². The number of benzene rings is 1. The van der Waals surface area contributed by atoms with Gasteiger partial charge in [-0.15, -0.1) is 0 Å². The van der Waals surface area contributed by atoms with Crippen LogP contribution in [0.4, 0.5) is 0 Å². The van der Waals surface area contributed by atoms with Gasteiger partial charge in [0.05, 0.1) is 12.1 Å². The van der Waals surface area contributed by atoms with Crippen molar-refractivity contribution in [1.29, 1.82) is 0 Å². The van der Waals surface area contributed by atoms with Crippen LogP contribution in [0.1, 0.15) is 24.8 Å². The number of hydrogen-bond acceptors (Lipinski definition) is 2. The predicted molar refractivity (Wildman–Crippen MR) is 77.3 cm³/mol. The minimum absolute atomic E-state index is 0.0283. The Bertz CT molecular complexity index is 484. The van der Waals surface area contributed by atoms with Crippen molar-refractivity contribution in [2.24, 2.45) is 0 Å². The maximum atomic E-state index is 11.8. The van der Waals surface area contributed by atoms with Crippen LogP contribution >= 0.6 is 23.2 Å². The van der Waals surface area contributed by atoms with E-state index < -0.39 is 5.54 Å². The highest BCUT2D eigenvalue weighted by atomic mass is 35.5. The van der Waals surface area contributed by atoms with Crippen LogP contribution in [0.2, 0.25) is 10.0 Å². The third-order valence-corrected chi connectivity index (χ3v) is 4.06. The lowest BCUT2D eigenvalue weighted by Crippen LogP contribution is -2.55. The number of carbonyl (C=O) groups is 1. The summed E-state index contributed by atoms with van der Waals surface area (Å²) in [4.78, 5) is 11.8. The molecule has 2 rings (SSSR count). The summed E-state index contributed by atoms with van der Waals surface area (Å²) in [6.45, 7) is -0.0283. The first-order chi connectivity index (χ1) is 9.06. The molecule has 19 heavy (non-hydrogen) atoms. The molecule has 0 saturated heterocycles. The molecule has 0 aromatic heterocycles. The van der Waals surface area contributed by atoms with E-state index in [0.29, 0.717) is 15.6 Å². The summed E-state index contributed by atoms with van der Waals surface area (Å²) in [6, 6.07) is 5.18. The van der Waals surface area contributed by atoms with Gasteiger partial charge in [0, 0.05) is 21.7 Å². The molecule has 1 amide bonds. The van der Waals surface area contributed by atoms with Gasteiger partial charge in [0.1, 0.15) is 0 Å². The highest BCUT2D eigenvalue weighted by Crippen LogP contribution is 2.31. The Morgan fingerprint density at radius 1 is 1.37 bits per heavy atom. The second kappa shape index (κ2) is 5.95. The molecule has 2 N–H and O–H groups in total. The molecule has 0 atom stereocenters. The summed E-state index contributed by atoms with van der Waals surface area (Å²) < 4.78 is 0. The van der Waals surface area contributed by atoms with E-state index in [1.54, 1.807) is 24.3 Å². The minimum Gasteiger partial charge on any atom is -0.394 e. The Hall–Kier alpha value is -1.03. The summed E-state index contributed by atoms with van der Waals surface area (Å²) in [7, 11) is 0. The lowest BCUT2D eigenvalue weighted by Gasteiger charge is -2.40. The molecule has 0 radical (unpaired) electrons. The van der Waals surface area contributed by atoms with Gasteiger partial charge in [0.2, 0.25) is 5.91 Å². The highest BCUT2D eigenvalue weighted by Gasteiger charge is 2.37. The smallest absolute Gasteiger partial charge is 0.244 e. The molecule has 1 aromatic rings. The molecular formula is C14H15Cl2NO2. The standard InChI is InChI=1S/C14H15Cl2NO2/c15-11-3-1-4-12(16)10(11)5-6-13(19)17-14(9-18)7-2-8-14/h1,3-6,18H,2,7-9H2,(H,17,19)/b6-5+. The number of nitrogens with one attached hydrogen (secondary N) is 1. The molecular weight excluding hydrogens is 285 g/mol. The van der Waals surface area contributed by atoms with Crippen LogP contribution in [0.3, 0.4) is 0 Å². The molecule has 0 spiro atoms. The van der Waals surface area contributed by atoms with E-state index in [1.165, 1.54) is 6.08 Å². The van der Waals surface area contributed by atoms with E-state index in [-0.39, 0.29) is 12.5 Å². The molecule has 102 valence electrons. The molecule has 5 heteroatoms. The molecule has 1 aromatic carbocycles. The Labute approximate surface area is 122 Å². The van der Waals surface area contributed by atoms with Crippen LogP contribution in [0, 0.1) is 0 Å². The number of aliphatic hydroxyl groups excluding tert-OH is 1. The van der Waals surface area contributed by atoms with E-state index in [1.807, 2.05) is 0 Å². The van der Waals surface area contributed by atoms with Crippen LogP contribution < -0.4 is 5.32 Å². The summed E-state index contributed by atoms with van der Waals surface area (Å²) in [5.41, 5.74) is 0.179. The molecule has 0 unspecified atom stereocenters. The van der Waals surface area contributed by atoms with Crippen LogP contribution in [0.5, 0.6) is 0 Å². The monoisotopic (exact) mass is 299 g/mol. The maximum Gasteiger partial charge on any atom is 0.244 e. The van der Waals surface area contributed by atoms with Gasteiger partial charge in [-0.2, -0.15) is 0 Å². The van der Waals surface area contributed by atoms with Crippen molar-refractivity contribution in [3.05, 3.63) is 39.9 Å². The Morgan fingerprint density at radius 2 is 2.00 bits per heavy atom. The van der Waals surface area contributed by atoms with Crippen molar-refractivity contribution < 1.29 is 9.90 Å². The molecule has 0 heterocycles. The number of amides is 1. The zero-order valence-corrected chi connectivity index (χ0v) is 11.8. The van der Waals surface area contributed by atoms with Crippen molar-refractivity contribution in [3.63, 3.8) is 0 Å². The quantitative estimate of drug-likeness (QED) is 0.840. The average molecular weight is 300 g/mol. The maximum absolute atomic E-state index is 11.8. The van der Waals surface area contributed by atoms with Crippen molar-refractivity contribution in [3.8, 4) is 0 Å². The minimum atomic E-state index is -0.439. The fourth-order valence-electron chi connectivity index (χ4n) is 2.06. The third kappa shape index (κ3) is 3.30. The lowest BCUT2D eigenvalue weighted by molar-refractivity contribution is -0.120. The first-order valence-electron chi connectivity index (χ1n) is 6.11. The largest absolute Gasteiger partial charge is 0.394 e. The molecule has 3 nitrogen and oxygen atoms in total. The van der Waals surface area contributed by atoms with E-state index >= 15 is 0 Å². The molecule has 1 saturated carbocycles. The molecule has 1 aliphatic carbocycles. The molecule has 1 fully saturated rings. The van der Waals surface area contributed by atoms with E-state index in [0.717, 1.165) is 19.3 Å². The number of carbonyl (C=O) groups excluding carboxylic acids is 1. The fourth-order valence-corrected chi connectivity index (χ4v) is 2.58. The summed E-state index contributed by atoms with van der Waals surface area (Å²) in [5.74, 6) is -0.246. The SMILES string of the molecule is O=C(/C=C/c1c(Cl)cccc1Cl)NC1(CO)CCC1. The van der Waals surface area contributed by atoms with Crippen molar-refractivity contribution in [1.82, 2.24) is 5.32 Å². The Morgan fingerprint density at radius 3 is 2.47 bits per heavy atom. The summed E-state index contributed by atoms with van der Waals surface area (Å²) in [5, 5.41) is 13.1. The lowest BCUT2D eigenvalue weighted by atomic mass is 9.77. The third-order valence-electron chi connectivity index (χ3n) is 3.40. The fraction of sp³-hybridized carbons (Fsp3) is 0.357. The van der Waals surface area contributed by atoms with Gasteiger partial charge in [-0.05, 0) is 37.5 Å². The molecule has 0 bridgehead atoms. The van der Waals surface area contributed by atoms with Gasteiger partial charge in [0.25, 0.3) is 0 Å². The summed E-state index contributed by atoms with van der Waals surface area (Å²) in [6.07, 6.45) is 5.64. The van der Waals surface area contributed by atoms with Crippen LogP contribution in [0.15, 0.2) is 24.3 Å².